The van der Waals surface area contributed by atoms with Gasteiger partial charge in [0.05, 0.1) is 12.8 Å². The average molecular weight is 338 g/mol. The van der Waals surface area contributed by atoms with Gasteiger partial charge in [0.1, 0.15) is 5.75 Å². The molecule has 0 bridgehead atoms. The number of rotatable bonds is 5. The molecule has 0 unspecified atom stereocenters. The first-order valence-corrected chi connectivity index (χ1v) is 7.86. The summed E-state index contributed by atoms with van der Waals surface area (Å²) >= 11 is 0. The third kappa shape index (κ3) is 3.85. The summed E-state index contributed by atoms with van der Waals surface area (Å²) in [6, 6.07) is 14.2. The molecule has 0 spiro atoms. The van der Waals surface area contributed by atoms with E-state index in [2.05, 4.69) is 10.5 Å². The molecule has 2 aromatic carbocycles. The van der Waals surface area contributed by atoms with E-state index in [-0.39, 0.29) is 11.7 Å². The lowest BCUT2D eigenvalue weighted by Gasteiger charge is -2.10. The Labute approximate surface area is 145 Å². The van der Waals surface area contributed by atoms with Gasteiger partial charge in [0, 0.05) is 23.2 Å². The van der Waals surface area contributed by atoms with Crippen LogP contribution >= 0.6 is 0 Å². The molecule has 0 aliphatic carbocycles. The van der Waals surface area contributed by atoms with E-state index in [9.17, 15) is 9.59 Å². The molecule has 3 rings (SSSR count). The number of ether oxygens (including phenoxy) is 1. The summed E-state index contributed by atoms with van der Waals surface area (Å²) < 4.78 is 5.20. The van der Waals surface area contributed by atoms with Gasteiger partial charge in [-0.3, -0.25) is 9.59 Å². The average Bonchev–Trinajstić information content (AvgIpc) is 3.12. The number of carbonyl (C=O) groups excluding carboxylic acids is 2. The number of Topliss-reactive ketones (excluding diaryl/α,β-unsaturated/α-hetero) is 1. The van der Waals surface area contributed by atoms with Crippen LogP contribution in [0.2, 0.25) is 0 Å². The largest absolute Gasteiger partial charge is 0.497 e. The number of anilines is 1. The van der Waals surface area contributed by atoms with Crippen molar-refractivity contribution in [3.05, 3.63) is 59.7 Å². The van der Waals surface area contributed by atoms with Crippen LogP contribution in [0.25, 0.3) is 0 Å². The Hall–Kier alpha value is -3.15. The minimum absolute atomic E-state index is 0.0201. The molecule has 1 amide bonds. The first-order valence-electron chi connectivity index (χ1n) is 7.86. The van der Waals surface area contributed by atoms with Crippen LogP contribution < -0.4 is 10.1 Å². The minimum Gasteiger partial charge on any atom is -0.497 e. The van der Waals surface area contributed by atoms with Gasteiger partial charge >= 0.3 is 0 Å². The van der Waals surface area contributed by atoms with Crippen LogP contribution in [0.1, 0.15) is 29.3 Å². The van der Waals surface area contributed by atoms with E-state index in [0.717, 1.165) is 11.3 Å². The van der Waals surface area contributed by atoms with Gasteiger partial charge in [0.25, 0.3) is 5.91 Å². The molecule has 6 nitrogen and oxygen atoms in total. The molecular formula is C19H18N2O4. The van der Waals surface area contributed by atoms with Crippen molar-refractivity contribution in [2.45, 2.75) is 19.4 Å². The Morgan fingerprint density at radius 1 is 1.20 bits per heavy atom. The topological polar surface area (TPSA) is 77.0 Å². The molecule has 1 aliphatic rings. The molecule has 1 aliphatic heterocycles. The van der Waals surface area contributed by atoms with Gasteiger partial charge in [-0.1, -0.05) is 17.3 Å². The van der Waals surface area contributed by atoms with Crippen LogP contribution in [0.3, 0.4) is 0 Å². The number of hydrogen-bond donors (Lipinski definition) is 1. The van der Waals surface area contributed by atoms with Crippen molar-refractivity contribution in [1.82, 2.24) is 0 Å². The Kier molecular flexibility index (Phi) is 4.79. The van der Waals surface area contributed by atoms with Gasteiger partial charge in [-0.25, -0.2) is 0 Å². The van der Waals surface area contributed by atoms with E-state index in [4.69, 9.17) is 9.57 Å². The van der Waals surface area contributed by atoms with E-state index in [1.165, 1.54) is 6.92 Å². The van der Waals surface area contributed by atoms with Crippen LogP contribution in [0, 0.1) is 0 Å². The van der Waals surface area contributed by atoms with Crippen molar-refractivity contribution in [2.24, 2.45) is 5.16 Å². The molecule has 0 saturated heterocycles. The van der Waals surface area contributed by atoms with E-state index in [1.54, 1.807) is 31.4 Å². The predicted molar refractivity (Wildman–Crippen MR) is 94.1 cm³/mol. The maximum absolute atomic E-state index is 12.3. The number of hydrogen-bond acceptors (Lipinski definition) is 5. The third-order valence-corrected chi connectivity index (χ3v) is 3.92. The molecule has 0 aromatic heterocycles. The zero-order chi connectivity index (χ0) is 17.8. The third-order valence-electron chi connectivity index (χ3n) is 3.92. The Bertz CT molecular complexity index is 828. The molecule has 1 atom stereocenters. The summed E-state index contributed by atoms with van der Waals surface area (Å²) in [5.74, 6) is 0.421. The molecule has 0 fully saturated rings. The molecule has 2 aromatic rings. The number of benzene rings is 2. The minimum atomic E-state index is -0.686. The summed E-state index contributed by atoms with van der Waals surface area (Å²) in [6.07, 6.45) is -0.307. The van der Waals surface area contributed by atoms with E-state index >= 15 is 0 Å². The number of amides is 1. The normalized spacial score (nSPS) is 15.9. The van der Waals surface area contributed by atoms with Crippen LogP contribution in [-0.4, -0.2) is 30.6 Å². The quantitative estimate of drug-likeness (QED) is 0.850. The van der Waals surface area contributed by atoms with Crippen molar-refractivity contribution in [3.8, 4) is 5.75 Å². The summed E-state index contributed by atoms with van der Waals surface area (Å²) in [5, 5.41) is 6.79. The van der Waals surface area contributed by atoms with Crippen LogP contribution in [0.15, 0.2) is 53.7 Å². The van der Waals surface area contributed by atoms with Crippen LogP contribution in [0.4, 0.5) is 5.69 Å². The molecule has 128 valence electrons. The smallest absolute Gasteiger partial charge is 0.268 e. The molecule has 1 heterocycles. The number of nitrogens with one attached hydrogen (secondary N) is 1. The van der Waals surface area contributed by atoms with Crippen LogP contribution in [-0.2, 0) is 9.63 Å². The van der Waals surface area contributed by atoms with E-state index in [0.29, 0.717) is 23.4 Å². The van der Waals surface area contributed by atoms with E-state index in [1.807, 2.05) is 24.3 Å². The lowest BCUT2D eigenvalue weighted by atomic mass is 10.0. The highest BCUT2D eigenvalue weighted by Gasteiger charge is 2.29. The first kappa shape index (κ1) is 16.7. The fourth-order valence-corrected chi connectivity index (χ4v) is 2.50. The Morgan fingerprint density at radius 2 is 1.96 bits per heavy atom. The van der Waals surface area contributed by atoms with Crippen molar-refractivity contribution in [2.75, 3.05) is 12.4 Å². The summed E-state index contributed by atoms with van der Waals surface area (Å²) in [4.78, 5) is 28.9. The van der Waals surface area contributed by atoms with Crippen molar-refractivity contribution in [1.29, 1.82) is 0 Å². The maximum atomic E-state index is 12.3. The van der Waals surface area contributed by atoms with Gasteiger partial charge in [-0.2, -0.15) is 0 Å². The van der Waals surface area contributed by atoms with Crippen molar-refractivity contribution in [3.63, 3.8) is 0 Å². The van der Waals surface area contributed by atoms with Gasteiger partial charge in [0.2, 0.25) is 6.10 Å². The SMILES string of the molecule is COc1cccc(C2=NO[C@@H](C(=O)Nc3ccc(C(C)=O)cc3)C2)c1. The van der Waals surface area contributed by atoms with E-state index < -0.39 is 6.10 Å². The van der Waals surface area contributed by atoms with Gasteiger partial charge in [0.15, 0.2) is 5.78 Å². The molecule has 0 radical (unpaired) electrons. The molecular weight excluding hydrogens is 320 g/mol. The number of ketones is 1. The monoisotopic (exact) mass is 338 g/mol. The Morgan fingerprint density at radius 3 is 2.64 bits per heavy atom. The van der Waals surface area contributed by atoms with Gasteiger partial charge in [-0.15, -0.1) is 0 Å². The lowest BCUT2D eigenvalue weighted by Crippen LogP contribution is -2.28. The summed E-state index contributed by atoms with van der Waals surface area (Å²) in [7, 11) is 1.60. The second kappa shape index (κ2) is 7.17. The summed E-state index contributed by atoms with van der Waals surface area (Å²) in [6.45, 7) is 1.50. The Balaban J connectivity index is 1.62. The first-order chi connectivity index (χ1) is 12.1. The van der Waals surface area contributed by atoms with Crippen molar-refractivity contribution < 1.29 is 19.2 Å². The second-order valence-corrected chi connectivity index (χ2v) is 5.69. The number of oxime groups is 1. The highest BCUT2D eigenvalue weighted by atomic mass is 16.6. The summed E-state index contributed by atoms with van der Waals surface area (Å²) in [5.41, 5.74) is 2.76. The highest BCUT2D eigenvalue weighted by molar-refractivity contribution is 6.06. The predicted octanol–water partition coefficient (Wildman–Crippen LogP) is 3.03. The van der Waals surface area contributed by atoms with Gasteiger partial charge < -0.3 is 14.9 Å². The number of methoxy groups -OCH3 is 1. The zero-order valence-electron chi connectivity index (χ0n) is 14.0. The zero-order valence-corrected chi connectivity index (χ0v) is 14.0. The fraction of sp³-hybridized carbons (Fsp3) is 0.211. The fourth-order valence-electron chi connectivity index (χ4n) is 2.50. The molecule has 0 saturated carbocycles. The standard InChI is InChI=1S/C19H18N2O4/c1-12(22)13-6-8-15(9-7-13)20-19(23)18-11-17(21-25-18)14-4-3-5-16(10-14)24-2/h3-10,18H,11H2,1-2H3,(H,20,23)/t18-/m1/s1. The molecule has 1 N–H and O–H groups in total. The second-order valence-electron chi connectivity index (χ2n) is 5.69. The van der Waals surface area contributed by atoms with Gasteiger partial charge in [-0.05, 0) is 43.3 Å². The maximum Gasteiger partial charge on any atom is 0.268 e. The molecule has 6 heteroatoms. The highest BCUT2D eigenvalue weighted by Crippen LogP contribution is 2.21. The number of carbonyl (C=O) groups is 2. The van der Waals surface area contributed by atoms with Crippen LogP contribution in [0.5, 0.6) is 5.75 Å². The van der Waals surface area contributed by atoms with Crippen molar-refractivity contribution >= 4 is 23.1 Å². The lowest BCUT2D eigenvalue weighted by molar-refractivity contribution is -0.125. The molecule has 25 heavy (non-hydrogen) atoms. The number of nitrogens with zero attached hydrogens (tertiary/aromatic N) is 1.